The summed E-state index contributed by atoms with van der Waals surface area (Å²) in [4.78, 5) is 0.304. The summed E-state index contributed by atoms with van der Waals surface area (Å²) in [5.74, 6) is 0. The third kappa shape index (κ3) is 7.54. The summed E-state index contributed by atoms with van der Waals surface area (Å²) in [6.07, 6.45) is 0.595. The minimum Gasteiger partial charge on any atom is -0.389 e. The molecule has 0 radical (unpaired) electrons. The van der Waals surface area contributed by atoms with Gasteiger partial charge >= 0.3 is 0 Å². The van der Waals surface area contributed by atoms with E-state index in [1.807, 2.05) is 0 Å². The average molecular weight is 317 g/mol. The Hall–Kier alpha value is -0.990. The number of benzene rings is 1. The second-order valence-electron chi connectivity index (χ2n) is 4.77. The maximum absolute atomic E-state index is 11.3. The van der Waals surface area contributed by atoms with Gasteiger partial charge < -0.3 is 19.9 Å². The minimum absolute atomic E-state index is 0.253. The van der Waals surface area contributed by atoms with E-state index in [9.17, 15) is 13.5 Å². The zero-order valence-corrected chi connectivity index (χ0v) is 13.2. The monoisotopic (exact) mass is 317 g/mol. The summed E-state index contributed by atoms with van der Waals surface area (Å²) in [5.41, 5.74) is 0.954. The van der Waals surface area contributed by atoms with Crippen LogP contribution in [0.1, 0.15) is 5.56 Å². The molecular weight excluding hydrogens is 294 g/mol. The van der Waals surface area contributed by atoms with Gasteiger partial charge in [0, 0.05) is 26.5 Å². The Morgan fingerprint density at radius 3 is 2.48 bits per heavy atom. The zero-order chi connectivity index (χ0) is 15.7. The first-order valence-electron chi connectivity index (χ1n) is 6.68. The van der Waals surface area contributed by atoms with Crippen molar-refractivity contribution in [2.45, 2.75) is 17.5 Å². The quantitative estimate of drug-likeness (QED) is 0.600. The molecule has 1 aromatic carbocycles. The van der Waals surface area contributed by atoms with Crippen molar-refractivity contribution in [3.8, 4) is 0 Å². The van der Waals surface area contributed by atoms with Crippen molar-refractivity contribution in [1.82, 2.24) is 5.32 Å². The Morgan fingerprint density at radius 1 is 1.24 bits per heavy atom. The molecule has 6 nitrogen and oxygen atoms in total. The van der Waals surface area contributed by atoms with Crippen molar-refractivity contribution >= 4 is 9.84 Å². The van der Waals surface area contributed by atoms with Crippen molar-refractivity contribution in [1.29, 1.82) is 0 Å². The normalized spacial score (nSPS) is 13.3. The van der Waals surface area contributed by atoms with Gasteiger partial charge in [0.15, 0.2) is 9.84 Å². The van der Waals surface area contributed by atoms with E-state index in [-0.39, 0.29) is 6.61 Å². The predicted octanol–water partition coefficient (Wildman–Crippen LogP) is 0.204. The smallest absolute Gasteiger partial charge is 0.175 e. The van der Waals surface area contributed by atoms with Gasteiger partial charge in [0.1, 0.15) is 0 Å². The van der Waals surface area contributed by atoms with Gasteiger partial charge in [-0.1, -0.05) is 12.1 Å². The fourth-order valence-corrected chi connectivity index (χ4v) is 2.29. The largest absolute Gasteiger partial charge is 0.389 e. The van der Waals surface area contributed by atoms with Gasteiger partial charge in [0.05, 0.1) is 30.8 Å². The summed E-state index contributed by atoms with van der Waals surface area (Å²) in [6, 6.07) is 6.67. The zero-order valence-electron chi connectivity index (χ0n) is 12.4. The fourth-order valence-electron chi connectivity index (χ4n) is 1.66. The van der Waals surface area contributed by atoms with Crippen LogP contribution in [0.15, 0.2) is 29.2 Å². The van der Waals surface area contributed by atoms with Crippen LogP contribution in [0.4, 0.5) is 0 Å². The lowest BCUT2D eigenvalue weighted by molar-refractivity contribution is 0.0137. The van der Waals surface area contributed by atoms with Gasteiger partial charge in [-0.15, -0.1) is 0 Å². The number of aliphatic hydroxyl groups is 1. The number of aliphatic hydroxyl groups excluding tert-OH is 1. The molecule has 0 aliphatic heterocycles. The summed E-state index contributed by atoms with van der Waals surface area (Å²) in [6.45, 7) is 2.18. The molecule has 0 spiro atoms. The SMILES string of the molecule is COCCOCC(O)CNCc1ccc(S(C)(=O)=O)cc1. The first kappa shape index (κ1) is 18.1. The van der Waals surface area contributed by atoms with E-state index < -0.39 is 15.9 Å². The molecule has 2 N–H and O–H groups in total. The first-order valence-corrected chi connectivity index (χ1v) is 8.57. The van der Waals surface area contributed by atoms with Crippen LogP contribution in [0.5, 0.6) is 0 Å². The van der Waals surface area contributed by atoms with E-state index in [1.165, 1.54) is 6.26 Å². The van der Waals surface area contributed by atoms with Crippen LogP contribution in [0, 0.1) is 0 Å². The molecule has 1 rings (SSSR count). The number of sulfone groups is 1. The summed E-state index contributed by atoms with van der Waals surface area (Å²) in [5, 5.41) is 12.8. The van der Waals surface area contributed by atoms with Gasteiger partial charge in [0.2, 0.25) is 0 Å². The number of hydrogen-bond acceptors (Lipinski definition) is 6. The molecule has 0 aromatic heterocycles. The second-order valence-corrected chi connectivity index (χ2v) is 6.78. The molecule has 21 heavy (non-hydrogen) atoms. The second kappa shape index (κ2) is 9.11. The molecular formula is C14H23NO5S. The Morgan fingerprint density at radius 2 is 1.90 bits per heavy atom. The van der Waals surface area contributed by atoms with E-state index in [2.05, 4.69) is 5.32 Å². The van der Waals surface area contributed by atoms with E-state index in [4.69, 9.17) is 9.47 Å². The van der Waals surface area contributed by atoms with Gasteiger partial charge in [-0.3, -0.25) is 0 Å². The molecule has 0 aliphatic carbocycles. The van der Waals surface area contributed by atoms with Crippen LogP contribution in [0.25, 0.3) is 0 Å². The standard InChI is InChI=1S/C14H23NO5S/c1-19-7-8-20-11-13(16)10-15-9-12-3-5-14(6-4-12)21(2,17)18/h3-6,13,15-16H,7-11H2,1-2H3. The highest BCUT2D eigenvalue weighted by Gasteiger charge is 2.07. The lowest BCUT2D eigenvalue weighted by Crippen LogP contribution is -2.30. The maximum Gasteiger partial charge on any atom is 0.175 e. The van der Waals surface area contributed by atoms with Crippen molar-refractivity contribution in [3.63, 3.8) is 0 Å². The third-order valence-electron chi connectivity index (χ3n) is 2.80. The molecule has 7 heteroatoms. The first-order chi connectivity index (χ1) is 9.93. The van der Waals surface area contributed by atoms with Crippen LogP contribution >= 0.6 is 0 Å². The van der Waals surface area contributed by atoms with Gasteiger partial charge in [-0.2, -0.15) is 0 Å². The number of rotatable bonds is 10. The molecule has 0 amide bonds. The molecule has 1 unspecified atom stereocenters. The maximum atomic E-state index is 11.3. The highest BCUT2D eigenvalue weighted by atomic mass is 32.2. The highest BCUT2D eigenvalue weighted by molar-refractivity contribution is 7.90. The number of ether oxygens (including phenoxy) is 2. The molecule has 0 heterocycles. The highest BCUT2D eigenvalue weighted by Crippen LogP contribution is 2.10. The summed E-state index contributed by atoms with van der Waals surface area (Å²) in [7, 11) is -1.56. The predicted molar refractivity (Wildman–Crippen MR) is 80.0 cm³/mol. The Bertz CT molecular complexity index is 501. The topological polar surface area (TPSA) is 84.9 Å². The number of nitrogens with one attached hydrogen (secondary N) is 1. The van der Waals surface area contributed by atoms with Gasteiger partial charge in [-0.05, 0) is 17.7 Å². The van der Waals surface area contributed by atoms with Crippen molar-refractivity contribution in [2.24, 2.45) is 0 Å². The third-order valence-corrected chi connectivity index (χ3v) is 3.93. The molecule has 120 valence electrons. The van der Waals surface area contributed by atoms with Crippen LogP contribution in [-0.4, -0.2) is 59.4 Å². The fraction of sp³-hybridized carbons (Fsp3) is 0.571. The lowest BCUT2D eigenvalue weighted by Gasteiger charge is -2.12. The molecule has 1 aromatic rings. The molecule has 0 saturated carbocycles. The molecule has 0 saturated heterocycles. The Balaban J connectivity index is 2.26. The molecule has 0 bridgehead atoms. The molecule has 1 atom stereocenters. The number of hydrogen-bond donors (Lipinski definition) is 2. The van der Waals surface area contributed by atoms with E-state index in [1.54, 1.807) is 31.4 Å². The van der Waals surface area contributed by atoms with Crippen LogP contribution in [0.3, 0.4) is 0 Å². The molecule has 0 aliphatic rings. The average Bonchev–Trinajstić information content (AvgIpc) is 2.43. The van der Waals surface area contributed by atoms with Crippen molar-refractivity contribution in [3.05, 3.63) is 29.8 Å². The van der Waals surface area contributed by atoms with Crippen LogP contribution in [0.2, 0.25) is 0 Å². The minimum atomic E-state index is -3.16. The lowest BCUT2D eigenvalue weighted by atomic mass is 10.2. The van der Waals surface area contributed by atoms with Crippen molar-refractivity contribution < 1.29 is 23.0 Å². The Kier molecular flexibility index (Phi) is 7.84. The van der Waals surface area contributed by atoms with Crippen LogP contribution in [-0.2, 0) is 25.9 Å². The van der Waals surface area contributed by atoms with E-state index >= 15 is 0 Å². The van der Waals surface area contributed by atoms with E-state index in [0.717, 1.165) is 5.56 Å². The molecule has 0 fully saturated rings. The summed E-state index contributed by atoms with van der Waals surface area (Å²) < 4.78 is 32.7. The summed E-state index contributed by atoms with van der Waals surface area (Å²) >= 11 is 0. The van der Waals surface area contributed by atoms with Crippen LogP contribution < -0.4 is 5.32 Å². The van der Waals surface area contributed by atoms with Gasteiger partial charge in [-0.25, -0.2) is 8.42 Å². The Labute approximate surface area is 126 Å². The van der Waals surface area contributed by atoms with Crippen molar-refractivity contribution in [2.75, 3.05) is 39.7 Å². The van der Waals surface area contributed by atoms with E-state index in [0.29, 0.717) is 31.2 Å². The number of methoxy groups -OCH3 is 1. The van der Waals surface area contributed by atoms with Gasteiger partial charge in [0.25, 0.3) is 0 Å².